The SMILES string of the molecule is CC[C@H](C)[C@H](NC(=O)[C@@H](N)CCC(=O)O)C(=O)N[C@@H](Cc1cccs1)C(=O)N[C@@H](CC(C)C)[C@H](O)CNC1CCCCCC1. The first-order valence-electron chi connectivity index (χ1n) is 16.2. The molecule has 12 heteroatoms. The van der Waals surface area contributed by atoms with Crippen molar-refractivity contribution in [1.29, 1.82) is 0 Å². The molecule has 1 saturated carbocycles. The number of nitrogens with one attached hydrogen (secondary N) is 4. The molecule has 250 valence electrons. The number of carbonyl (C=O) groups is 4. The van der Waals surface area contributed by atoms with Gasteiger partial charge in [0.2, 0.25) is 17.7 Å². The van der Waals surface area contributed by atoms with Gasteiger partial charge in [-0.3, -0.25) is 19.2 Å². The summed E-state index contributed by atoms with van der Waals surface area (Å²) in [5, 5.41) is 34.1. The number of rotatable bonds is 19. The summed E-state index contributed by atoms with van der Waals surface area (Å²) in [7, 11) is 0. The minimum Gasteiger partial charge on any atom is -0.481 e. The zero-order chi connectivity index (χ0) is 32.6. The van der Waals surface area contributed by atoms with E-state index in [1.807, 2.05) is 45.2 Å². The molecule has 0 aromatic carbocycles. The van der Waals surface area contributed by atoms with Crippen LogP contribution >= 0.6 is 11.3 Å². The van der Waals surface area contributed by atoms with E-state index in [0.717, 1.165) is 17.7 Å². The first-order valence-corrected chi connectivity index (χ1v) is 17.1. The van der Waals surface area contributed by atoms with Gasteiger partial charge in [0.1, 0.15) is 12.1 Å². The average molecular weight is 638 g/mol. The van der Waals surface area contributed by atoms with Crippen molar-refractivity contribution in [2.45, 2.75) is 135 Å². The quantitative estimate of drug-likeness (QED) is 0.113. The van der Waals surface area contributed by atoms with Gasteiger partial charge < -0.3 is 37.2 Å². The highest BCUT2D eigenvalue weighted by Gasteiger charge is 2.33. The van der Waals surface area contributed by atoms with Gasteiger partial charge in [-0.05, 0) is 49.0 Å². The maximum absolute atomic E-state index is 13.8. The molecular weight excluding hydrogens is 582 g/mol. The Labute approximate surface area is 266 Å². The third kappa shape index (κ3) is 13.6. The molecule has 0 spiro atoms. The van der Waals surface area contributed by atoms with Crippen molar-refractivity contribution >= 4 is 35.0 Å². The molecule has 1 heterocycles. The zero-order valence-corrected chi connectivity index (χ0v) is 27.7. The molecule has 8 N–H and O–H groups in total. The van der Waals surface area contributed by atoms with Gasteiger partial charge in [-0.15, -0.1) is 11.3 Å². The lowest BCUT2D eigenvalue weighted by atomic mass is 9.96. The Kier molecular flexibility index (Phi) is 16.9. The molecule has 44 heavy (non-hydrogen) atoms. The number of amides is 3. The second-order valence-electron chi connectivity index (χ2n) is 12.7. The van der Waals surface area contributed by atoms with Crippen molar-refractivity contribution in [3.8, 4) is 0 Å². The van der Waals surface area contributed by atoms with Gasteiger partial charge in [0.15, 0.2) is 0 Å². The summed E-state index contributed by atoms with van der Waals surface area (Å²) in [5.74, 6) is -2.67. The third-order valence-corrected chi connectivity index (χ3v) is 9.30. The fourth-order valence-electron chi connectivity index (χ4n) is 5.49. The van der Waals surface area contributed by atoms with Crippen LogP contribution in [0.1, 0.15) is 96.8 Å². The van der Waals surface area contributed by atoms with Crippen LogP contribution < -0.4 is 27.0 Å². The lowest BCUT2D eigenvalue weighted by molar-refractivity contribution is -0.137. The number of hydrogen-bond donors (Lipinski definition) is 7. The molecule has 1 aromatic rings. The fraction of sp³-hybridized carbons (Fsp3) is 0.750. The molecule has 1 aliphatic rings. The van der Waals surface area contributed by atoms with E-state index in [1.165, 1.54) is 37.0 Å². The molecule has 1 aliphatic carbocycles. The number of aliphatic carboxylic acids is 1. The first-order chi connectivity index (χ1) is 20.9. The van der Waals surface area contributed by atoms with E-state index in [4.69, 9.17) is 10.8 Å². The number of nitrogens with two attached hydrogens (primary N) is 1. The fourth-order valence-corrected chi connectivity index (χ4v) is 6.24. The molecule has 1 fully saturated rings. The van der Waals surface area contributed by atoms with Gasteiger partial charge >= 0.3 is 5.97 Å². The molecule has 2 rings (SSSR count). The minimum absolute atomic E-state index is 0.0609. The number of carboxylic acid groups (broad SMARTS) is 1. The Balaban J connectivity index is 2.17. The maximum Gasteiger partial charge on any atom is 0.303 e. The van der Waals surface area contributed by atoms with Gasteiger partial charge in [0, 0.05) is 30.3 Å². The average Bonchev–Trinajstić information content (AvgIpc) is 3.36. The second kappa shape index (κ2) is 19.8. The lowest BCUT2D eigenvalue weighted by Crippen LogP contribution is -2.59. The van der Waals surface area contributed by atoms with Crippen molar-refractivity contribution in [3.05, 3.63) is 22.4 Å². The van der Waals surface area contributed by atoms with E-state index in [0.29, 0.717) is 25.4 Å². The van der Waals surface area contributed by atoms with Crippen molar-refractivity contribution in [1.82, 2.24) is 21.3 Å². The van der Waals surface area contributed by atoms with Crippen LogP contribution in [0.15, 0.2) is 17.5 Å². The second-order valence-corrected chi connectivity index (χ2v) is 13.7. The van der Waals surface area contributed by atoms with Gasteiger partial charge in [0.25, 0.3) is 0 Å². The molecule has 0 aliphatic heterocycles. The maximum atomic E-state index is 13.8. The molecule has 0 saturated heterocycles. The van der Waals surface area contributed by atoms with Crippen LogP contribution in [-0.4, -0.2) is 76.8 Å². The van der Waals surface area contributed by atoms with Crippen LogP contribution in [0.5, 0.6) is 0 Å². The van der Waals surface area contributed by atoms with Crippen LogP contribution in [0.25, 0.3) is 0 Å². The predicted molar refractivity (Wildman–Crippen MR) is 173 cm³/mol. The first kappa shape index (κ1) is 37.6. The Morgan fingerprint density at radius 1 is 1.00 bits per heavy atom. The van der Waals surface area contributed by atoms with E-state index < -0.39 is 54.0 Å². The molecule has 6 atom stereocenters. The predicted octanol–water partition coefficient (Wildman–Crippen LogP) is 2.70. The largest absolute Gasteiger partial charge is 0.481 e. The summed E-state index contributed by atoms with van der Waals surface area (Å²) in [5.41, 5.74) is 5.90. The summed E-state index contributed by atoms with van der Waals surface area (Å²) in [6.07, 6.45) is 7.26. The van der Waals surface area contributed by atoms with Crippen LogP contribution in [0.2, 0.25) is 0 Å². The normalized spacial score (nSPS) is 18.3. The van der Waals surface area contributed by atoms with E-state index in [9.17, 15) is 24.3 Å². The molecule has 11 nitrogen and oxygen atoms in total. The number of carboxylic acids is 1. The summed E-state index contributed by atoms with van der Waals surface area (Å²) >= 11 is 1.47. The zero-order valence-electron chi connectivity index (χ0n) is 26.8. The van der Waals surface area contributed by atoms with Crippen molar-refractivity contribution < 1.29 is 29.4 Å². The van der Waals surface area contributed by atoms with Gasteiger partial charge in [-0.25, -0.2) is 0 Å². The standard InChI is InChI=1S/C32H55N5O6S/c1-5-21(4)29(37-30(41)24(33)14-15-28(39)40)32(43)36-26(18-23-13-10-16-44-23)31(42)35-25(17-20(2)3)27(38)19-34-22-11-8-6-7-9-12-22/h10,13,16,20-22,24-27,29,34,38H,5-9,11-12,14-15,17-19,33H2,1-4H3,(H,35,42)(H,36,43)(H,37,41)(H,39,40)/t21-,24-,25-,26-,27+,29-/m0/s1. The van der Waals surface area contributed by atoms with Gasteiger partial charge in [0.05, 0.1) is 18.2 Å². The topological polar surface area (TPSA) is 183 Å². The van der Waals surface area contributed by atoms with Crippen LogP contribution in [0, 0.1) is 11.8 Å². The highest BCUT2D eigenvalue weighted by Crippen LogP contribution is 2.18. The number of aliphatic hydroxyl groups excluding tert-OH is 1. The highest BCUT2D eigenvalue weighted by atomic mass is 32.1. The van der Waals surface area contributed by atoms with Crippen LogP contribution in [0.3, 0.4) is 0 Å². The number of hydrogen-bond acceptors (Lipinski definition) is 8. The number of aliphatic hydroxyl groups is 1. The monoisotopic (exact) mass is 637 g/mol. The summed E-state index contributed by atoms with van der Waals surface area (Å²) in [6, 6.07) is 0.621. The van der Waals surface area contributed by atoms with E-state index in [1.54, 1.807) is 0 Å². The highest BCUT2D eigenvalue weighted by molar-refractivity contribution is 7.09. The summed E-state index contributed by atoms with van der Waals surface area (Å²) < 4.78 is 0. The summed E-state index contributed by atoms with van der Waals surface area (Å²) in [6.45, 7) is 8.15. The third-order valence-electron chi connectivity index (χ3n) is 8.41. The van der Waals surface area contributed by atoms with Crippen LogP contribution in [-0.2, 0) is 25.6 Å². The Morgan fingerprint density at radius 3 is 2.25 bits per heavy atom. The summed E-state index contributed by atoms with van der Waals surface area (Å²) in [4.78, 5) is 52.0. The Morgan fingerprint density at radius 2 is 1.68 bits per heavy atom. The van der Waals surface area contributed by atoms with E-state index in [-0.39, 0.29) is 31.1 Å². The number of carbonyl (C=O) groups excluding carboxylic acids is 3. The molecule has 1 aromatic heterocycles. The molecule has 0 unspecified atom stereocenters. The van der Waals surface area contributed by atoms with Crippen molar-refractivity contribution in [2.75, 3.05) is 6.54 Å². The Bertz CT molecular complexity index is 1010. The van der Waals surface area contributed by atoms with Crippen LogP contribution in [0.4, 0.5) is 0 Å². The van der Waals surface area contributed by atoms with Gasteiger partial charge in [-0.2, -0.15) is 0 Å². The molecule has 0 bridgehead atoms. The number of thiophene rings is 1. The minimum atomic E-state index is -1.08. The Hall–Kier alpha value is -2.54. The smallest absolute Gasteiger partial charge is 0.303 e. The van der Waals surface area contributed by atoms with Gasteiger partial charge in [-0.1, -0.05) is 65.9 Å². The van der Waals surface area contributed by atoms with Crippen molar-refractivity contribution in [3.63, 3.8) is 0 Å². The molecule has 3 amide bonds. The van der Waals surface area contributed by atoms with E-state index in [2.05, 4.69) is 21.3 Å². The lowest BCUT2D eigenvalue weighted by Gasteiger charge is -2.31. The molecular formula is C32H55N5O6S. The van der Waals surface area contributed by atoms with E-state index >= 15 is 0 Å². The molecule has 0 radical (unpaired) electrons. The van der Waals surface area contributed by atoms with Crippen molar-refractivity contribution in [2.24, 2.45) is 17.6 Å².